The van der Waals surface area contributed by atoms with Crippen molar-refractivity contribution in [1.29, 1.82) is 0 Å². The summed E-state index contributed by atoms with van der Waals surface area (Å²) < 4.78 is 1.95. The molecule has 18 heavy (non-hydrogen) atoms. The van der Waals surface area contributed by atoms with Crippen molar-refractivity contribution in [3.8, 4) is 0 Å². The Morgan fingerprint density at radius 1 is 1.28 bits per heavy atom. The van der Waals surface area contributed by atoms with Crippen LogP contribution in [0.3, 0.4) is 0 Å². The molecule has 1 aromatic rings. The molecule has 2 aliphatic rings. The summed E-state index contributed by atoms with van der Waals surface area (Å²) in [5.41, 5.74) is 0. The van der Waals surface area contributed by atoms with Crippen LogP contribution in [0.1, 0.15) is 32.0 Å². The second-order valence-corrected chi connectivity index (χ2v) is 5.39. The van der Waals surface area contributed by atoms with Crippen LogP contribution < -0.4 is 0 Å². The highest BCUT2D eigenvalue weighted by Gasteiger charge is 2.30. The topological polar surface area (TPSA) is 50.1 Å². The maximum atomic E-state index is 4.16. The molecule has 0 saturated carbocycles. The third-order valence-corrected chi connectivity index (χ3v) is 4.08. The monoisotopic (exact) mass is 250 g/mol. The van der Waals surface area contributed by atoms with E-state index in [9.17, 15) is 0 Å². The molecule has 0 spiro atoms. The van der Waals surface area contributed by atoms with E-state index in [4.69, 9.17) is 0 Å². The zero-order valence-corrected chi connectivity index (χ0v) is 11.1. The minimum absolute atomic E-state index is 0.772. The van der Waals surface area contributed by atoms with Crippen molar-refractivity contribution in [2.24, 2.45) is 0 Å². The Morgan fingerprint density at radius 2 is 2.22 bits per heavy atom. The van der Waals surface area contributed by atoms with Gasteiger partial charge in [0, 0.05) is 32.2 Å². The molecule has 100 valence electrons. The van der Waals surface area contributed by atoms with Gasteiger partial charge in [0.1, 0.15) is 0 Å². The Morgan fingerprint density at radius 3 is 3.11 bits per heavy atom. The molecule has 0 aromatic carbocycles. The summed E-state index contributed by atoms with van der Waals surface area (Å²) in [5, 5.41) is 12.0. The van der Waals surface area contributed by atoms with Crippen molar-refractivity contribution in [1.82, 2.24) is 30.0 Å². The van der Waals surface area contributed by atoms with Gasteiger partial charge in [0.05, 0.1) is 6.54 Å². The van der Waals surface area contributed by atoms with E-state index in [2.05, 4.69) is 32.2 Å². The van der Waals surface area contributed by atoms with Crippen LogP contribution in [0.15, 0.2) is 0 Å². The molecule has 0 radical (unpaired) electrons. The number of tetrazole rings is 1. The first-order valence-corrected chi connectivity index (χ1v) is 7.08. The van der Waals surface area contributed by atoms with Gasteiger partial charge in [0.2, 0.25) is 0 Å². The minimum Gasteiger partial charge on any atom is -0.298 e. The van der Waals surface area contributed by atoms with E-state index in [1.807, 2.05) is 4.68 Å². The highest BCUT2D eigenvalue weighted by molar-refractivity contribution is 4.89. The maximum absolute atomic E-state index is 4.16. The van der Waals surface area contributed by atoms with Crippen LogP contribution in [0.25, 0.3) is 0 Å². The number of hydrogen-bond donors (Lipinski definition) is 0. The number of piperazine rings is 1. The summed E-state index contributed by atoms with van der Waals surface area (Å²) in [6.45, 7) is 8.81. The summed E-state index contributed by atoms with van der Waals surface area (Å²) in [6.07, 6.45) is 3.80. The normalized spacial score (nSPS) is 25.5. The fourth-order valence-corrected chi connectivity index (χ4v) is 3.12. The molecule has 0 N–H and O–H groups in total. The lowest BCUT2D eigenvalue weighted by molar-refractivity contribution is 0.0962. The standard InChI is InChI=1S/C12H22N6/c1-2-5-18-12(13-14-15-18)10-16-7-8-17-6-3-4-11(17)9-16/h11H,2-10H2,1H3/t11-/m1/s1. The van der Waals surface area contributed by atoms with Gasteiger partial charge in [-0.25, -0.2) is 4.68 Å². The molecule has 0 aliphatic carbocycles. The quantitative estimate of drug-likeness (QED) is 0.772. The molecule has 3 heterocycles. The van der Waals surface area contributed by atoms with Gasteiger partial charge in [-0.2, -0.15) is 0 Å². The van der Waals surface area contributed by atoms with Crippen LogP contribution in [0, 0.1) is 0 Å². The lowest BCUT2D eigenvalue weighted by Gasteiger charge is -2.37. The van der Waals surface area contributed by atoms with Crippen LogP contribution in [-0.2, 0) is 13.1 Å². The highest BCUT2D eigenvalue weighted by Crippen LogP contribution is 2.22. The van der Waals surface area contributed by atoms with Crippen molar-refractivity contribution < 1.29 is 0 Å². The summed E-state index contributed by atoms with van der Waals surface area (Å²) >= 11 is 0. The van der Waals surface area contributed by atoms with Crippen LogP contribution in [0.4, 0.5) is 0 Å². The van der Waals surface area contributed by atoms with E-state index in [0.29, 0.717) is 0 Å². The molecule has 1 aromatic heterocycles. The average molecular weight is 250 g/mol. The fourth-order valence-electron chi connectivity index (χ4n) is 3.12. The van der Waals surface area contributed by atoms with Gasteiger partial charge in [-0.05, 0) is 36.2 Å². The number of nitrogens with zero attached hydrogens (tertiary/aromatic N) is 6. The first-order valence-electron chi connectivity index (χ1n) is 7.08. The molecule has 0 bridgehead atoms. The Bertz CT molecular complexity index is 390. The summed E-state index contributed by atoms with van der Waals surface area (Å²) in [4.78, 5) is 5.13. The predicted octanol–water partition coefficient (Wildman–Crippen LogP) is 0.363. The Labute approximate surface area is 108 Å². The van der Waals surface area contributed by atoms with E-state index >= 15 is 0 Å². The molecule has 1 atom stereocenters. The average Bonchev–Trinajstić information content (AvgIpc) is 2.99. The van der Waals surface area contributed by atoms with Crippen molar-refractivity contribution in [2.45, 2.75) is 45.3 Å². The molecule has 3 rings (SSSR count). The van der Waals surface area contributed by atoms with Crippen molar-refractivity contribution in [2.75, 3.05) is 26.2 Å². The zero-order valence-electron chi connectivity index (χ0n) is 11.1. The van der Waals surface area contributed by atoms with Crippen LogP contribution >= 0.6 is 0 Å². The van der Waals surface area contributed by atoms with E-state index in [1.165, 1.54) is 32.5 Å². The Hall–Kier alpha value is -1.01. The number of hydrogen-bond acceptors (Lipinski definition) is 5. The third kappa shape index (κ3) is 2.40. The smallest absolute Gasteiger partial charge is 0.165 e. The van der Waals surface area contributed by atoms with E-state index in [-0.39, 0.29) is 0 Å². The SMILES string of the molecule is CCCn1nnnc1CN1CCN2CCC[C@@H]2C1. The van der Waals surface area contributed by atoms with Gasteiger partial charge in [0.15, 0.2) is 5.82 Å². The van der Waals surface area contributed by atoms with Crippen molar-refractivity contribution in [3.63, 3.8) is 0 Å². The third-order valence-electron chi connectivity index (χ3n) is 4.08. The lowest BCUT2D eigenvalue weighted by atomic mass is 10.1. The van der Waals surface area contributed by atoms with Crippen LogP contribution in [0.5, 0.6) is 0 Å². The van der Waals surface area contributed by atoms with E-state index in [1.54, 1.807) is 0 Å². The van der Waals surface area contributed by atoms with Gasteiger partial charge < -0.3 is 0 Å². The van der Waals surface area contributed by atoms with Crippen molar-refractivity contribution >= 4 is 0 Å². The molecular formula is C12H22N6. The number of fused-ring (bicyclic) bond motifs is 1. The molecule has 6 heteroatoms. The van der Waals surface area contributed by atoms with Gasteiger partial charge in [-0.3, -0.25) is 9.80 Å². The highest BCUT2D eigenvalue weighted by atomic mass is 15.5. The number of rotatable bonds is 4. The maximum Gasteiger partial charge on any atom is 0.165 e. The summed E-state index contributed by atoms with van der Waals surface area (Å²) in [5.74, 6) is 1.02. The van der Waals surface area contributed by atoms with E-state index in [0.717, 1.165) is 37.9 Å². The number of aryl methyl sites for hydroxylation is 1. The van der Waals surface area contributed by atoms with E-state index < -0.39 is 0 Å². The molecule has 2 fully saturated rings. The van der Waals surface area contributed by atoms with Crippen LogP contribution in [-0.4, -0.2) is 62.2 Å². The first kappa shape index (κ1) is 12.0. The minimum atomic E-state index is 0.772. The second kappa shape index (κ2) is 5.32. The summed E-state index contributed by atoms with van der Waals surface area (Å²) in [7, 11) is 0. The molecule has 2 aliphatic heterocycles. The number of aromatic nitrogens is 4. The van der Waals surface area contributed by atoms with Gasteiger partial charge in [-0.15, -0.1) is 5.10 Å². The van der Waals surface area contributed by atoms with Gasteiger partial charge in [0.25, 0.3) is 0 Å². The van der Waals surface area contributed by atoms with Crippen molar-refractivity contribution in [3.05, 3.63) is 5.82 Å². The summed E-state index contributed by atoms with van der Waals surface area (Å²) in [6, 6.07) is 0.772. The van der Waals surface area contributed by atoms with Crippen LogP contribution in [0.2, 0.25) is 0 Å². The zero-order chi connectivity index (χ0) is 12.4. The molecular weight excluding hydrogens is 228 g/mol. The first-order chi connectivity index (χ1) is 8.86. The molecule has 0 amide bonds. The fraction of sp³-hybridized carbons (Fsp3) is 0.917. The molecule has 2 saturated heterocycles. The Kier molecular flexibility index (Phi) is 3.56. The predicted molar refractivity (Wildman–Crippen MR) is 68.0 cm³/mol. The second-order valence-electron chi connectivity index (χ2n) is 5.39. The molecule has 6 nitrogen and oxygen atoms in total. The largest absolute Gasteiger partial charge is 0.298 e. The van der Waals surface area contributed by atoms with Gasteiger partial charge in [-0.1, -0.05) is 6.92 Å². The lowest BCUT2D eigenvalue weighted by Crippen LogP contribution is -2.49. The molecule has 0 unspecified atom stereocenters. The Balaban J connectivity index is 1.60. The van der Waals surface area contributed by atoms with Gasteiger partial charge >= 0.3 is 0 Å².